The Morgan fingerprint density at radius 3 is 2.67 bits per heavy atom. The predicted molar refractivity (Wildman–Crippen MR) is 90.3 cm³/mol. The Bertz CT molecular complexity index is 398. The maximum Gasteiger partial charge on any atom is 0.121 e. The van der Waals surface area contributed by atoms with Crippen LogP contribution >= 0.6 is 0 Å². The van der Waals surface area contributed by atoms with E-state index in [9.17, 15) is 0 Å². The maximum atomic E-state index is 5.86. The zero-order chi connectivity index (χ0) is 14.9. The molecule has 0 atom stereocenters. The Balaban J connectivity index is 1.69. The van der Waals surface area contributed by atoms with Crippen molar-refractivity contribution in [2.24, 2.45) is 5.92 Å². The van der Waals surface area contributed by atoms with Crippen LogP contribution < -0.4 is 15.0 Å². The van der Waals surface area contributed by atoms with Crippen molar-refractivity contribution in [3.8, 4) is 5.75 Å². The van der Waals surface area contributed by atoms with Gasteiger partial charge in [-0.15, -0.1) is 0 Å². The zero-order valence-electron chi connectivity index (χ0n) is 13.6. The van der Waals surface area contributed by atoms with Crippen molar-refractivity contribution in [2.75, 3.05) is 37.7 Å². The summed E-state index contributed by atoms with van der Waals surface area (Å²) in [5.41, 5.74) is 1.25. The molecule has 2 rings (SSSR count). The number of hydrogen-bond acceptors (Lipinski definition) is 3. The third kappa shape index (κ3) is 5.24. The molecule has 0 amide bonds. The minimum Gasteiger partial charge on any atom is -0.492 e. The van der Waals surface area contributed by atoms with Crippen LogP contribution in [-0.4, -0.2) is 32.8 Å². The summed E-state index contributed by atoms with van der Waals surface area (Å²) in [7, 11) is 0. The fraction of sp³-hybridized carbons (Fsp3) is 0.667. The number of anilines is 1. The van der Waals surface area contributed by atoms with E-state index in [1.807, 2.05) is 6.07 Å². The summed E-state index contributed by atoms with van der Waals surface area (Å²) < 4.78 is 5.86. The lowest BCUT2D eigenvalue weighted by Gasteiger charge is -2.21. The Labute approximate surface area is 129 Å². The van der Waals surface area contributed by atoms with E-state index in [0.717, 1.165) is 44.5 Å². The molecule has 3 heteroatoms. The molecule has 0 aromatic heterocycles. The molecule has 0 saturated heterocycles. The number of rotatable bonds is 9. The van der Waals surface area contributed by atoms with Crippen molar-refractivity contribution < 1.29 is 4.74 Å². The summed E-state index contributed by atoms with van der Waals surface area (Å²) in [6, 6.07) is 8.42. The second kappa shape index (κ2) is 8.93. The molecule has 0 spiro atoms. The molecule has 1 fully saturated rings. The van der Waals surface area contributed by atoms with Gasteiger partial charge >= 0.3 is 0 Å². The molecule has 0 aliphatic heterocycles. The number of benzene rings is 1. The number of ether oxygens (including phenoxy) is 1. The van der Waals surface area contributed by atoms with Crippen molar-refractivity contribution in [2.45, 2.75) is 39.5 Å². The molecule has 1 N–H and O–H groups in total. The molecule has 1 aromatic carbocycles. The van der Waals surface area contributed by atoms with E-state index in [1.165, 1.54) is 31.4 Å². The molecule has 21 heavy (non-hydrogen) atoms. The third-order valence-corrected chi connectivity index (χ3v) is 4.40. The van der Waals surface area contributed by atoms with Gasteiger partial charge in [-0.3, -0.25) is 0 Å². The smallest absolute Gasteiger partial charge is 0.121 e. The summed E-state index contributed by atoms with van der Waals surface area (Å²) in [6.45, 7) is 9.27. The van der Waals surface area contributed by atoms with Crippen molar-refractivity contribution in [3.05, 3.63) is 24.3 Å². The average Bonchev–Trinajstić information content (AvgIpc) is 3.02. The van der Waals surface area contributed by atoms with Crippen LogP contribution in [0.15, 0.2) is 24.3 Å². The Morgan fingerprint density at radius 1 is 1.19 bits per heavy atom. The molecule has 0 bridgehead atoms. The Morgan fingerprint density at radius 2 is 1.95 bits per heavy atom. The van der Waals surface area contributed by atoms with E-state index in [-0.39, 0.29) is 0 Å². The van der Waals surface area contributed by atoms with Crippen LogP contribution in [0, 0.1) is 5.92 Å². The molecule has 1 aromatic rings. The second-order valence-corrected chi connectivity index (χ2v) is 5.87. The van der Waals surface area contributed by atoms with Crippen LogP contribution in [0.1, 0.15) is 39.5 Å². The zero-order valence-corrected chi connectivity index (χ0v) is 13.6. The fourth-order valence-corrected chi connectivity index (χ4v) is 3.12. The maximum absolute atomic E-state index is 5.86. The topological polar surface area (TPSA) is 24.5 Å². The highest BCUT2D eigenvalue weighted by Crippen LogP contribution is 2.23. The van der Waals surface area contributed by atoms with Crippen LogP contribution in [0.4, 0.5) is 5.69 Å². The molecular formula is C18H30N2O. The van der Waals surface area contributed by atoms with Gasteiger partial charge in [0.25, 0.3) is 0 Å². The summed E-state index contributed by atoms with van der Waals surface area (Å²) in [4.78, 5) is 2.34. The van der Waals surface area contributed by atoms with Crippen molar-refractivity contribution in [3.63, 3.8) is 0 Å². The fourth-order valence-electron chi connectivity index (χ4n) is 3.12. The predicted octanol–water partition coefficient (Wildman–Crippen LogP) is 3.69. The van der Waals surface area contributed by atoms with E-state index in [4.69, 9.17) is 4.74 Å². The highest BCUT2D eigenvalue weighted by Gasteiger charge is 2.13. The lowest BCUT2D eigenvalue weighted by Crippen LogP contribution is -2.26. The quantitative estimate of drug-likeness (QED) is 0.702. The minimum absolute atomic E-state index is 0.744. The van der Waals surface area contributed by atoms with Crippen molar-refractivity contribution in [1.29, 1.82) is 0 Å². The van der Waals surface area contributed by atoms with Crippen molar-refractivity contribution in [1.82, 2.24) is 5.32 Å². The van der Waals surface area contributed by atoms with Crippen molar-refractivity contribution >= 4 is 5.69 Å². The molecule has 0 unspecified atom stereocenters. The van der Waals surface area contributed by atoms with Crippen LogP contribution in [0.25, 0.3) is 0 Å². The minimum atomic E-state index is 0.744. The molecule has 3 nitrogen and oxygen atoms in total. The summed E-state index contributed by atoms with van der Waals surface area (Å²) >= 11 is 0. The Hall–Kier alpha value is -1.22. The van der Waals surface area contributed by atoms with E-state index >= 15 is 0 Å². The van der Waals surface area contributed by atoms with Gasteiger partial charge in [0, 0.05) is 31.4 Å². The molecule has 0 heterocycles. The van der Waals surface area contributed by atoms with Crippen LogP contribution in [-0.2, 0) is 0 Å². The average molecular weight is 290 g/mol. The van der Waals surface area contributed by atoms with E-state index in [1.54, 1.807) is 0 Å². The third-order valence-electron chi connectivity index (χ3n) is 4.40. The van der Waals surface area contributed by atoms with Gasteiger partial charge < -0.3 is 15.0 Å². The first-order valence-electron chi connectivity index (χ1n) is 8.52. The first-order chi connectivity index (χ1) is 10.3. The number of nitrogens with one attached hydrogen (secondary N) is 1. The van der Waals surface area contributed by atoms with Gasteiger partial charge in [0.15, 0.2) is 0 Å². The number of hydrogen-bond donors (Lipinski definition) is 1. The standard InChI is InChI=1S/C18H30N2O/c1-3-20(4-2)17-10-7-11-18(14-17)21-13-12-19-15-16-8-5-6-9-16/h7,10-11,14,16,19H,3-6,8-9,12-13,15H2,1-2H3. The first kappa shape index (κ1) is 16.2. The largest absolute Gasteiger partial charge is 0.492 e. The summed E-state index contributed by atoms with van der Waals surface area (Å²) in [5, 5.41) is 3.52. The molecule has 1 saturated carbocycles. The monoisotopic (exact) mass is 290 g/mol. The first-order valence-corrected chi connectivity index (χ1v) is 8.52. The van der Waals surface area contributed by atoms with Crippen LogP contribution in [0.3, 0.4) is 0 Å². The van der Waals surface area contributed by atoms with Crippen LogP contribution in [0.5, 0.6) is 5.75 Å². The molecule has 1 aliphatic rings. The number of nitrogens with zero attached hydrogens (tertiary/aromatic N) is 1. The normalized spacial score (nSPS) is 15.3. The highest BCUT2D eigenvalue weighted by molar-refractivity contribution is 5.50. The molecule has 0 radical (unpaired) electrons. The summed E-state index contributed by atoms with van der Waals surface area (Å²) in [6.07, 6.45) is 5.64. The van der Waals surface area contributed by atoms with Gasteiger partial charge in [-0.25, -0.2) is 0 Å². The van der Waals surface area contributed by atoms with Gasteiger partial charge in [-0.05, 0) is 51.3 Å². The molecular weight excluding hydrogens is 260 g/mol. The van der Waals surface area contributed by atoms with E-state index < -0.39 is 0 Å². The molecule has 118 valence electrons. The van der Waals surface area contributed by atoms with E-state index in [2.05, 4.69) is 42.3 Å². The van der Waals surface area contributed by atoms with E-state index in [0.29, 0.717) is 0 Å². The van der Waals surface area contributed by atoms with Gasteiger partial charge in [0.2, 0.25) is 0 Å². The second-order valence-electron chi connectivity index (χ2n) is 5.87. The van der Waals surface area contributed by atoms with Gasteiger partial charge in [0.05, 0.1) is 0 Å². The SMILES string of the molecule is CCN(CC)c1cccc(OCCNCC2CCCC2)c1. The molecule has 1 aliphatic carbocycles. The lowest BCUT2D eigenvalue weighted by molar-refractivity contribution is 0.309. The van der Waals surface area contributed by atoms with Gasteiger partial charge in [0.1, 0.15) is 12.4 Å². The van der Waals surface area contributed by atoms with Gasteiger partial charge in [-0.2, -0.15) is 0 Å². The highest BCUT2D eigenvalue weighted by atomic mass is 16.5. The summed E-state index contributed by atoms with van der Waals surface area (Å²) in [5.74, 6) is 1.87. The Kier molecular flexibility index (Phi) is 6.87. The van der Waals surface area contributed by atoms with Crippen LogP contribution in [0.2, 0.25) is 0 Å². The van der Waals surface area contributed by atoms with Gasteiger partial charge in [-0.1, -0.05) is 18.9 Å². The lowest BCUT2D eigenvalue weighted by atomic mass is 10.1.